The van der Waals surface area contributed by atoms with Crippen molar-refractivity contribution in [3.05, 3.63) is 48.4 Å². The summed E-state index contributed by atoms with van der Waals surface area (Å²) < 4.78 is 5.09. The van der Waals surface area contributed by atoms with E-state index in [9.17, 15) is 4.79 Å². The first-order valence-corrected chi connectivity index (χ1v) is 7.30. The highest BCUT2D eigenvalue weighted by molar-refractivity contribution is 5.95. The van der Waals surface area contributed by atoms with Gasteiger partial charge in [0.05, 0.1) is 12.5 Å². The third-order valence-electron chi connectivity index (χ3n) is 4.12. The monoisotopic (exact) mass is 285 g/mol. The lowest BCUT2D eigenvalue weighted by atomic mass is 9.97. The van der Waals surface area contributed by atoms with E-state index < -0.39 is 0 Å². The average molecular weight is 285 g/mol. The van der Waals surface area contributed by atoms with E-state index in [0.717, 1.165) is 37.1 Å². The molecule has 1 fully saturated rings. The maximum atomic E-state index is 12.6. The number of rotatable bonds is 3. The van der Waals surface area contributed by atoms with Crippen LogP contribution in [0.4, 0.5) is 0 Å². The van der Waals surface area contributed by atoms with Gasteiger partial charge in [-0.3, -0.25) is 4.79 Å². The number of carbonyl (C=O) groups excluding carboxylic acids is 1. The van der Waals surface area contributed by atoms with Gasteiger partial charge in [0, 0.05) is 30.8 Å². The van der Waals surface area contributed by atoms with E-state index in [1.807, 2.05) is 35.2 Å². The lowest BCUT2D eigenvalue weighted by molar-refractivity contribution is 0.0651. The summed E-state index contributed by atoms with van der Waals surface area (Å²) in [5, 5.41) is 9.16. The van der Waals surface area contributed by atoms with Crippen molar-refractivity contribution >= 4 is 5.91 Å². The van der Waals surface area contributed by atoms with Gasteiger partial charge in [0.15, 0.2) is 0 Å². The third-order valence-corrected chi connectivity index (χ3v) is 4.12. The zero-order valence-electron chi connectivity index (χ0n) is 11.9. The standard InChI is InChI=1S/C17H19NO3/c19-11-13-4-7-18(8-5-13)17(20)15-3-1-2-14(10-15)16-6-9-21-12-16/h1-3,6,9-10,12-13,19H,4-5,7-8,11H2. The summed E-state index contributed by atoms with van der Waals surface area (Å²) in [6.07, 6.45) is 5.06. The zero-order chi connectivity index (χ0) is 14.7. The van der Waals surface area contributed by atoms with Gasteiger partial charge in [-0.2, -0.15) is 0 Å². The SMILES string of the molecule is O=C(c1cccc(-c2ccoc2)c1)N1CCC(CO)CC1. The van der Waals surface area contributed by atoms with Gasteiger partial charge < -0.3 is 14.4 Å². The Labute approximate surface area is 124 Å². The minimum absolute atomic E-state index is 0.0664. The molecule has 0 unspecified atom stereocenters. The van der Waals surface area contributed by atoms with Crippen molar-refractivity contribution in [3.8, 4) is 11.1 Å². The number of amides is 1. The number of aliphatic hydroxyl groups excluding tert-OH is 1. The topological polar surface area (TPSA) is 53.7 Å². The highest BCUT2D eigenvalue weighted by Crippen LogP contribution is 2.23. The number of furan rings is 1. The maximum absolute atomic E-state index is 12.6. The van der Waals surface area contributed by atoms with E-state index in [2.05, 4.69) is 0 Å². The predicted molar refractivity (Wildman–Crippen MR) is 79.9 cm³/mol. The predicted octanol–water partition coefficient (Wildman–Crippen LogP) is 2.79. The number of hydrogen-bond acceptors (Lipinski definition) is 3. The fourth-order valence-electron chi connectivity index (χ4n) is 2.76. The van der Waals surface area contributed by atoms with Crippen molar-refractivity contribution in [1.82, 2.24) is 4.90 Å². The lowest BCUT2D eigenvalue weighted by Crippen LogP contribution is -2.39. The first-order valence-electron chi connectivity index (χ1n) is 7.30. The molecule has 1 aromatic carbocycles. The van der Waals surface area contributed by atoms with Crippen molar-refractivity contribution in [3.63, 3.8) is 0 Å². The molecule has 1 saturated heterocycles. The van der Waals surface area contributed by atoms with Crippen molar-refractivity contribution in [2.45, 2.75) is 12.8 Å². The Morgan fingerprint density at radius 3 is 2.71 bits per heavy atom. The zero-order valence-corrected chi connectivity index (χ0v) is 11.9. The van der Waals surface area contributed by atoms with E-state index >= 15 is 0 Å². The molecule has 1 aliphatic rings. The smallest absolute Gasteiger partial charge is 0.253 e. The Balaban J connectivity index is 1.75. The summed E-state index contributed by atoms with van der Waals surface area (Å²) in [5.74, 6) is 0.406. The Hall–Kier alpha value is -2.07. The molecular formula is C17H19NO3. The molecule has 0 spiro atoms. The Morgan fingerprint density at radius 2 is 2.05 bits per heavy atom. The van der Waals surface area contributed by atoms with E-state index in [0.29, 0.717) is 11.5 Å². The van der Waals surface area contributed by atoms with E-state index in [-0.39, 0.29) is 12.5 Å². The first-order chi connectivity index (χ1) is 10.3. The lowest BCUT2D eigenvalue weighted by Gasteiger charge is -2.31. The second-order valence-electron chi connectivity index (χ2n) is 5.51. The number of carbonyl (C=O) groups is 1. The molecule has 0 atom stereocenters. The van der Waals surface area contributed by atoms with Crippen LogP contribution in [0.5, 0.6) is 0 Å². The van der Waals surface area contributed by atoms with Crippen LogP contribution in [0.3, 0.4) is 0 Å². The highest BCUT2D eigenvalue weighted by Gasteiger charge is 2.23. The van der Waals surface area contributed by atoms with Crippen LogP contribution in [0, 0.1) is 5.92 Å². The summed E-state index contributed by atoms with van der Waals surface area (Å²) in [6.45, 7) is 1.66. The molecule has 1 aromatic heterocycles. The fraction of sp³-hybridized carbons (Fsp3) is 0.353. The number of nitrogens with zero attached hydrogens (tertiary/aromatic N) is 1. The molecule has 1 N–H and O–H groups in total. The Kier molecular flexibility index (Phi) is 4.06. The van der Waals surface area contributed by atoms with E-state index in [4.69, 9.17) is 9.52 Å². The van der Waals surface area contributed by atoms with Crippen molar-refractivity contribution in [1.29, 1.82) is 0 Å². The largest absolute Gasteiger partial charge is 0.472 e. The Morgan fingerprint density at radius 1 is 1.24 bits per heavy atom. The molecule has 0 radical (unpaired) electrons. The second kappa shape index (κ2) is 6.14. The molecule has 1 amide bonds. The summed E-state index contributed by atoms with van der Waals surface area (Å²) >= 11 is 0. The molecule has 4 heteroatoms. The molecule has 4 nitrogen and oxygen atoms in total. The average Bonchev–Trinajstić information content (AvgIpc) is 3.09. The van der Waals surface area contributed by atoms with Crippen LogP contribution < -0.4 is 0 Å². The van der Waals surface area contributed by atoms with Crippen molar-refractivity contribution in [2.75, 3.05) is 19.7 Å². The van der Waals surface area contributed by atoms with Crippen LogP contribution in [0.25, 0.3) is 11.1 Å². The number of benzene rings is 1. The number of hydrogen-bond donors (Lipinski definition) is 1. The van der Waals surface area contributed by atoms with Gasteiger partial charge in [0.1, 0.15) is 0 Å². The first kappa shape index (κ1) is 13.9. The van der Waals surface area contributed by atoms with Crippen LogP contribution in [-0.2, 0) is 0 Å². The summed E-state index contributed by atoms with van der Waals surface area (Å²) in [7, 11) is 0. The molecule has 3 rings (SSSR count). The van der Waals surface area contributed by atoms with E-state index in [1.165, 1.54) is 0 Å². The molecule has 2 aromatic rings. The van der Waals surface area contributed by atoms with Gasteiger partial charge in [0.2, 0.25) is 0 Å². The van der Waals surface area contributed by atoms with Gasteiger partial charge in [-0.25, -0.2) is 0 Å². The molecule has 21 heavy (non-hydrogen) atoms. The van der Waals surface area contributed by atoms with Gasteiger partial charge in [-0.05, 0) is 42.5 Å². The normalized spacial score (nSPS) is 16.1. The molecule has 0 aliphatic carbocycles. The molecular weight excluding hydrogens is 266 g/mol. The van der Waals surface area contributed by atoms with E-state index in [1.54, 1.807) is 12.5 Å². The number of piperidine rings is 1. The minimum Gasteiger partial charge on any atom is -0.472 e. The molecule has 110 valence electrons. The van der Waals surface area contributed by atoms with Crippen LogP contribution in [0.15, 0.2) is 47.3 Å². The quantitative estimate of drug-likeness (QED) is 0.943. The number of aliphatic hydroxyl groups is 1. The van der Waals surface area contributed by atoms with Gasteiger partial charge in [0.25, 0.3) is 5.91 Å². The number of likely N-dealkylation sites (tertiary alicyclic amines) is 1. The van der Waals surface area contributed by atoms with Crippen molar-refractivity contribution in [2.24, 2.45) is 5.92 Å². The molecule has 2 heterocycles. The maximum Gasteiger partial charge on any atom is 0.253 e. The summed E-state index contributed by atoms with van der Waals surface area (Å²) in [5.41, 5.74) is 2.67. The molecule has 0 bridgehead atoms. The summed E-state index contributed by atoms with van der Waals surface area (Å²) in [4.78, 5) is 14.4. The van der Waals surface area contributed by atoms with Crippen LogP contribution in [0.1, 0.15) is 23.2 Å². The molecule has 1 aliphatic heterocycles. The third kappa shape index (κ3) is 3.00. The fourth-order valence-corrected chi connectivity index (χ4v) is 2.76. The Bertz CT molecular complexity index is 598. The van der Waals surface area contributed by atoms with Gasteiger partial charge in [-0.1, -0.05) is 12.1 Å². The minimum atomic E-state index is 0.0664. The molecule has 0 saturated carbocycles. The van der Waals surface area contributed by atoms with Crippen LogP contribution in [-0.4, -0.2) is 35.6 Å². The summed E-state index contributed by atoms with van der Waals surface area (Å²) in [6, 6.07) is 9.52. The van der Waals surface area contributed by atoms with Gasteiger partial charge in [-0.15, -0.1) is 0 Å². The van der Waals surface area contributed by atoms with Gasteiger partial charge >= 0.3 is 0 Å². The van der Waals surface area contributed by atoms with Crippen molar-refractivity contribution < 1.29 is 14.3 Å². The van der Waals surface area contributed by atoms with Crippen LogP contribution >= 0.6 is 0 Å². The second-order valence-corrected chi connectivity index (χ2v) is 5.51. The van der Waals surface area contributed by atoms with Crippen LogP contribution in [0.2, 0.25) is 0 Å². The highest BCUT2D eigenvalue weighted by atomic mass is 16.3.